The van der Waals surface area contributed by atoms with E-state index in [0.29, 0.717) is 16.8 Å². The van der Waals surface area contributed by atoms with Gasteiger partial charge in [0.25, 0.3) is 15.9 Å². The summed E-state index contributed by atoms with van der Waals surface area (Å²) in [5.41, 5.74) is 1.53. The molecule has 0 aliphatic carbocycles. The maximum absolute atomic E-state index is 12.5. The van der Waals surface area contributed by atoms with Gasteiger partial charge in [0.1, 0.15) is 4.90 Å². The van der Waals surface area contributed by atoms with Crippen LogP contribution < -0.4 is 5.32 Å². The Bertz CT molecular complexity index is 1090. The van der Waals surface area contributed by atoms with E-state index >= 15 is 0 Å². The standard InChI is InChI=1S/C20H20N2O6S/c1-13-14(20(25)28-2)8-5-9-16(13)21-18(23)11-6-12-22-19(24)15-7-3-4-10-17(15)29(22,26)27/h3-5,7-10H,6,11-12H2,1-2H3,(H,21,23). The highest BCUT2D eigenvalue weighted by Gasteiger charge is 2.40. The molecule has 0 bridgehead atoms. The molecule has 8 nitrogen and oxygen atoms in total. The summed E-state index contributed by atoms with van der Waals surface area (Å²) in [5, 5.41) is 2.70. The smallest absolute Gasteiger partial charge is 0.338 e. The molecule has 0 aromatic heterocycles. The number of ether oxygens (including phenoxy) is 1. The van der Waals surface area contributed by atoms with Crippen molar-refractivity contribution in [3.05, 3.63) is 59.2 Å². The van der Waals surface area contributed by atoms with E-state index < -0.39 is 21.9 Å². The molecule has 0 radical (unpaired) electrons. The predicted molar refractivity (Wildman–Crippen MR) is 105 cm³/mol. The minimum absolute atomic E-state index is 0.00954. The number of carbonyl (C=O) groups is 3. The van der Waals surface area contributed by atoms with E-state index in [2.05, 4.69) is 5.32 Å². The van der Waals surface area contributed by atoms with Crippen molar-refractivity contribution < 1.29 is 27.5 Å². The molecule has 2 aromatic rings. The number of amides is 2. The zero-order valence-corrected chi connectivity index (χ0v) is 16.8. The first kappa shape index (κ1) is 20.5. The van der Waals surface area contributed by atoms with Gasteiger partial charge in [-0.3, -0.25) is 9.59 Å². The number of methoxy groups -OCH3 is 1. The molecule has 3 rings (SSSR count). The molecule has 2 aromatic carbocycles. The Balaban J connectivity index is 1.62. The van der Waals surface area contributed by atoms with Gasteiger partial charge in [0.05, 0.1) is 18.2 Å². The van der Waals surface area contributed by atoms with Crippen molar-refractivity contribution in [1.29, 1.82) is 0 Å². The molecule has 2 amide bonds. The Labute approximate surface area is 168 Å². The maximum Gasteiger partial charge on any atom is 0.338 e. The SMILES string of the molecule is COC(=O)c1cccc(NC(=O)CCCN2C(=O)c3ccccc3S2(=O)=O)c1C. The number of hydrogen-bond donors (Lipinski definition) is 1. The molecule has 0 atom stereocenters. The van der Waals surface area contributed by atoms with E-state index in [4.69, 9.17) is 4.74 Å². The van der Waals surface area contributed by atoms with Crippen LogP contribution in [0.25, 0.3) is 0 Å². The Kier molecular flexibility index (Phi) is 5.69. The van der Waals surface area contributed by atoms with Gasteiger partial charge in [0, 0.05) is 18.7 Å². The van der Waals surface area contributed by atoms with Gasteiger partial charge >= 0.3 is 5.97 Å². The van der Waals surface area contributed by atoms with Gasteiger partial charge in [-0.15, -0.1) is 0 Å². The second-order valence-electron chi connectivity index (χ2n) is 6.50. The van der Waals surface area contributed by atoms with Crippen molar-refractivity contribution in [3.63, 3.8) is 0 Å². The lowest BCUT2D eigenvalue weighted by Gasteiger charge is -2.15. The van der Waals surface area contributed by atoms with Gasteiger partial charge in [-0.2, -0.15) is 0 Å². The maximum atomic E-state index is 12.5. The first-order chi connectivity index (χ1) is 13.8. The predicted octanol–water partition coefficient (Wildman–Crippen LogP) is 2.35. The Hall–Kier alpha value is -3.20. The third-order valence-corrected chi connectivity index (χ3v) is 6.53. The molecule has 1 aliphatic heterocycles. The summed E-state index contributed by atoms with van der Waals surface area (Å²) in [6.07, 6.45) is 0.179. The van der Waals surface area contributed by atoms with E-state index in [1.807, 2.05) is 0 Å². The van der Waals surface area contributed by atoms with Crippen LogP contribution in [0.4, 0.5) is 5.69 Å². The second-order valence-corrected chi connectivity index (χ2v) is 8.33. The van der Waals surface area contributed by atoms with Crippen LogP contribution in [0.2, 0.25) is 0 Å². The van der Waals surface area contributed by atoms with Crippen LogP contribution in [0.3, 0.4) is 0 Å². The number of carbonyl (C=O) groups excluding carboxylic acids is 3. The van der Waals surface area contributed by atoms with Crippen LogP contribution in [0.15, 0.2) is 47.4 Å². The number of benzene rings is 2. The number of sulfonamides is 1. The number of nitrogens with one attached hydrogen (secondary N) is 1. The summed E-state index contributed by atoms with van der Waals surface area (Å²) in [7, 11) is -2.60. The van der Waals surface area contributed by atoms with E-state index in [0.717, 1.165) is 4.31 Å². The zero-order valence-electron chi connectivity index (χ0n) is 16.0. The van der Waals surface area contributed by atoms with Gasteiger partial charge in [-0.1, -0.05) is 18.2 Å². The molecular weight excluding hydrogens is 396 g/mol. The van der Waals surface area contributed by atoms with Crippen LogP contribution in [0, 0.1) is 6.92 Å². The molecule has 1 aliphatic rings. The van der Waals surface area contributed by atoms with Gasteiger partial charge in [-0.25, -0.2) is 17.5 Å². The number of nitrogens with zero attached hydrogens (tertiary/aromatic N) is 1. The summed E-state index contributed by atoms with van der Waals surface area (Å²) in [6.45, 7) is 1.60. The van der Waals surface area contributed by atoms with Crippen molar-refractivity contribution >= 4 is 33.5 Å². The van der Waals surface area contributed by atoms with Crippen molar-refractivity contribution in [2.75, 3.05) is 19.0 Å². The fourth-order valence-corrected chi connectivity index (χ4v) is 4.76. The van der Waals surface area contributed by atoms with E-state index in [1.54, 1.807) is 37.3 Å². The Morgan fingerprint density at radius 1 is 1.10 bits per heavy atom. The van der Waals surface area contributed by atoms with Gasteiger partial charge < -0.3 is 10.1 Å². The third kappa shape index (κ3) is 3.86. The zero-order chi connectivity index (χ0) is 21.2. The van der Waals surface area contributed by atoms with E-state index in [-0.39, 0.29) is 35.8 Å². The molecule has 0 saturated heterocycles. The van der Waals surface area contributed by atoms with Crippen molar-refractivity contribution in [3.8, 4) is 0 Å². The second kappa shape index (κ2) is 8.04. The van der Waals surface area contributed by atoms with Crippen molar-refractivity contribution in [1.82, 2.24) is 4.31 Å². The highest BCUT2D eigenvalue weighted by Crippen LogP contribution is 2.30. The number of anilines is 1. The normalized spacial score (nSPS) is 14.4. The highest BCUT2D eigenvalue weighted by molar-refractivity contribution is 7.90. The summed E-state index contributed by atoms with van der Waals surface area (Å²) >= 11 is 0. The largest absolute Gasteiger partial charge is 0.465 e. The van der Waals surface area contributed by atoms with Gasteiger partial charge in [0.2, 0.25) is 5.91 Å². The molecule has 0 spiro atoms. The number of hydrogen-bond acceptors (Lipinski definition) is 6. The minimum Gasteiger partial charge on any atom is -0.465 e. The van der Waals surface area contributed by atoms with Crippen LogP contribution in [0.5, 0.6) is 0 Å². The lowest BCUT2D eigenvalue weighted by molar-refractivity contribution is -0.116. The van der Waals surface area contributed by atoms with Crippen LogP contribution in [-0.4, -0.2) is 44.2 Å². The fourth-order valence-electron chi connectivity index (χ4n) is 3.15. The molecule has 1 N–H and O–H groups in total. The number of esters is 1. The lowest BCUT2D eigenvalue weighted by Crippen LogP contribution is -2.31. The average molecular weight is 416 g/mol. The van der Waals surface area contributed by atoms with E-state index in [1.165, 1.54) is 19.2 Å². The Morgan fingerprint density at radius 2 is 1.83 bits per heavy atom. The Morgan fingerprint density at radius 3 is 2.52 bits per heavy atom. The van der Waals surface area contributed by atoms with E-state index in [9.17, 15) is 22.8 Å². The molecule has 9 heteroatoms. The summed E-state index contributed by atoms with van der Waals surface area (Å²) < 4.78 is 30.5. The quantitative estimate of drug-likeness (QED) is 0.724. The number of fused-ring (bicyclic) bond motifs is 1. The molecule has 152 valence electrons. The molecule has 0 fully saturated rings. The highest BCUT2D eigenvalue weighted by atomic mass is 32.2. The first-order valence-electron chi connectivity index (χ1n) is 8.91. The monoisotopic (exact) mass is 416 g/mol. The van der Waals surface area contributed by atoms with Crippen molar-refractivity contribution in [2.45, 2.75) is 24.7 Å². The average Bonchev–Trinajstić information content (AvgIpc) is 2.90. The summed E-state index contributed by atoms with van der Waals surface area (Å²) in [5.74, 6) is -1.43. The number of rotatable bonds is 6. The fraction of sp³-hybridized carbons (Fsp3) is 0.250. The van der Waals surface area contributed by atoms with Crippen molar-refractivity contribution in [2.24, 2.45) is 0 Å². The van der Waals surface area contributed by atoms with Gasteiger partial charge in [-0.05, 0) is 43.2 Å². The molecule has 29 heavy (non-hydrogen) atoms. The molecule has 1 heterocycles. The van der Waals surface area contributed by atoms with Crippen LogP contribution >= 0.6 is 0 Å². The molecular formula is C20H20N2O6S. The molecule has 0 unspecified atom stereocenters. The topological polar surface area (TPSA) is 110 Å². The van der Waals surface area contributed by atoms with Crippen LogP contribution in [0.1, 0.15) is 39.1 Å². The summed E-state index contributed by atoms with van der Waals surface area (Å²) in [4.78, 5) is 36.4. The van der Waals surface area contributed by atoms with Crippen LogP contribution in [-0.2, 0) is 19.6 Å². The first-order valence-corrected chi connectivity index (χ1v) is 10.3. The lowest BCUT2D eigenvalue weighted by atomic mass is 10.1. The van der Waals surface area contributed by atoms with Gasteiger partial charge in [0.15, 0.2) is 0 Å². The summed E-state index contributed by atoms with van der Waals surface area (Å²) in [6, 6.07) is 10.9. The molecule has 0 saturated carbocycles. The third-order valence-electron chi connectivity index (χ3n) is 4.69. The minimum atomic E-state index is -3.88.